The molecule has 0 atom stereocenters. The maximum Gasteiger partial charge on any atom is 0.343 e. The van der Waals surface area contributed by atoms with Gasteiger partial charge in [-0.05, 0) is 18.9 Å². The van der Waals surface area contributed by atoms with Gasteiger partial charge in [-0.1, -0.05) is 83.4 Å². The number of cyclic esters (lactones) is 1. The molecule has 0 aromatic carbocycles. The summed E-state index contributed by atoms with van der Waals surface area (Å²) >= 11 is 0. The lowest BCUT2D eigenvalue weighted by Gasteiger charge is -2.01. The standard InChI is InChI=1S/C19H30O2/c1-3-4-5-6-7-8-9-10-11-12-13-14-15-18-16-17(2)21-19(18)20/h14-16H,2-13H2,1H3/b15-14+. The third kappa shape index (κ3) is 8.54. The van der Waals surface area contributed by atoms with Crippen LogP contribution in [0, 0.1) is 0 Å². The average molecular weight is 290 g/mol. The molecule has 0 saturated carbocycles. The minimum absolute atomic E-state index is 0.278. The minimum atomic E-state index is -0.278. The van der Waals surface area contributed by atoms with Crippen LogP contribution in [0.2, 0.25) is 0 Å². The second-order valence-corrected chi connectivity index (χ2v) is 5.83. The fourth-order valence-electron chi connectivity index (χ4n) is 2.52. The molecule has 0 aromatic rings. The van der Waals surface area contributed by atoms with Gasteiger partial charge in [-0.25, -0.2) is 4.79 Å². The van der Waals surface area contributed by atoms with Crippen LogP contribution in [0.25, 0.3) is 0 Å². The van der Waals surface area contributed by atoms with E-state index in [-0.39, 0.29) is 5.97 Å². The van der Waals surface area contributed by atoms with Crippen molar-refractivity contribution < 1.29 is 9.53 Å². The molecule has 1 aliphatic heterocycles. The number of ether oxygens (including phenoxy) is 1. The van der Waals surface area contributed by atoms with Crippen LogP contribution >= 0.6 is 0 Å². The SMILES string of the molecule is C=C1C=C(/C=C/CCCCCCCCCCCC)C(=O)O1. The molecule has 2 nitrogen and oxygen atoms in total. The van der Waals surface area contributed by atoms with Crippen molar-refractivity contribution in [3.8, 4) is 0 Å². The van der Waals surface area contributed by atoms with Crippen LogP contribution < -0.4 is 0 Å². The first-order chi connectivity index (χ1) is 10.2. The molecule has 0 bridgehead atoms. The van der Waals surface area contributed by atoms with Gasteiger partial charge in [-0.3, -0.25) is 0 Å². The molecule has 0 unspecified atom stereocenters. The molecule has 0 fully saturated rings. The van der Waals surface area contributed by atoms with Gasteiger partial charge in [-0.2, -0.15) is 0 Å². The van der Waals surface area contributed by atoms with E-state index in [1.165, 1.54) is 64.2 Å². The van der Waals surface area contributed by atoms with E-state index in [0.29, 0.717) is 11.3 Å². The lowest BCUT2D eigenvalue weighted by atomic mass is 10.1. The molecule has 0 spiro atoms. The molecule has 1 aliphatic rings. The van der Waals surface area contributed by atoms with Crippen molar-refractivity contribution in [2.24, 2.45) is 0 Å². The van der Waals surface area contributed by atoms with E-state index in [1.807, 2.05) is 6.08 Å². The Morgan fingerprint density at radius 1 is 1.00 bits per heavy atom. The van der Waals surface area contributed by atoms with Gasteiger partial charge >= 0.3 is 5.97 Å². The Balaban J connectivity index is 1.90. The number of unbranched alkanes of at least 4 members (excludes halogenated alkanes) is 10. The molecule has 1 rings (SSSR count). The summed E-state index contributed by atoms with van der Waals surface area (Å²) in [6, 6.07) is 0. The fraction of sp³-hybridized carbons (Fsp3) is 0.632. The third-order valence-corrected chi connectivity index (χ3v) is 3.80. The number of allylic oxidation sites excluding steroid dienone is 2. The van der Waals surface area contributed by atoms with E-state index in [2.05, 4.69) is 19.6 Å². The molecular formula is C19H30O2. The Labute approximate surface area is 130 Å². The molecule has 2 heteroatoms. The molecular weight excluding hydrogens is 260 g/mol. The zero-order valence-electron chi connectivity index (χ0n) is 13.5. The second kappa shape index (κ2) is 11.4. The molecule has 21 heavy (non-hydrogen) atoms. The maximum absolute atomic E-state index is 11.3. The van der Waals surface area contributed by atoms with Gasteiger partial charge in [0, 0.05) is 0 Å². The van der Waals surface area contributed by atoms with Crippen molar-refractivity contribution in [3.05, 3.63) is 36.1 Å². The van der Waals surface area contributed by atoms with Crippen molar-refractivity contribution in [1.29, 1.82) is 0 Å². The summed E-state index contributed by atoms with van der Waals surface area (Å²) in [7, 11) is 0. The van der Waals surface area contributed by atoms with E-state index in [9.17, 15) is 4.79 Å². The topological polar surface area (TPSA) is 26.3 Å². The largest absolute Gasteiger partial charge is 0.424 e. The summed E-state index contributed by atoms with van der Waals surface area (Å²) in [5, 5.41) is 0. The summed E-state index contributed by atoms with van der Waals surface area (Å²) < 4.78 is 4.85. The number of esters is 1. The van der Waals surface area contributed by atoms with Crippen LogP contribution in [-0.2, 0) is 9.53 Å². The number of rotatable bonds is 12. The van der Waals surface area contributed by atoms with Crippen molar-refractivity contribution >= 4 is 5.97 Å². The summed E-state index contributed by atoms with van der Waals surface area (Å²) in [6.45, 7) is 5.87. The zero-order valence-corrected chi connectivity index (χ0v) is 13.5. The van der Waals surface area contributed by atoms with Crippen molar-refractivity contribution in [1.82, 2.24) is 0 Å². The Morgan fingerprint density at radius 2 is 1.57 bits per heavy atom. The average Bonchev–Trinajstić information content (AvgIpc) is 2.78. The molecule has 0 aromatic heterocycles. The van der Waals surface area contributed by atoms with E-state index in [1.54, 1.807) is 6.08 Å². The normalized spacial score (nSPS) is 14.8. The molecule has 1 heterocycles. The van der Waals surface area contributed by atoms with Crippen LogP contribution in [0.15, 0.2) is 36.1 Å². The lowest BCUT2D eigenvalue weighted by molar-refractivity contribution is -0.132. The Morgan fingerprint density at radius 3 is 2.10 bits per heavy atom. The zero-order chi connectivity index (χ0) is 15.3. The highest BCUT2D eigenvalue weighted by atomic mass is 16.5. The van der Waals surface area contributed by atoms with Crippen LogP contribution in [0.3, 0.4) is 0 Å². The summed E-state index contributed by atoms with van der Waals surface area (Å²) in [4.78, 5) is 11.3. The Hall–Kier alpha value is -1.31. The highest BCUT2D eigenvalue weighted by Crippen LogP contribution is 2.17. The van der Waals surface area contributed by atoms with E-state index in [4.69, 9.17) is 4.74 Å². The molecule has 118 valence electrons. The van der Waals surface area contributed by atoms with Gasteiger partial charge in [0.2, 0.25) is 0 Å². The Kier molecular flexibility index (Phi) is 9.60. The predicted molar refractivity (Wildman–Crippen MR) is 88.9 cm³/mol. The Bertz CT molecular complexity index is 377. The second-order valence-electron chi connectivity index (χ2n) is 5.83. The minimum Gasteiger partial charge on any atom is -0.424 e. The van der Waals surface area contributed by atoms with Crippen LogP contribution in [0.1, 0.15) is 77.6 Å². The van der Waals surface area contributed by atoms with Gasteiger partial charge in [-0.15, -0.1) is 0 Å². The van der Waals surface area contributed by atoms with Crippen molar-refractivity contribution in [3.63, 3.8) is 0 Å². The highest BCUT2D eigenvalue weighted by molar-refractivity contribution is 5.95. The van der Waals surface area contributed by atoms with E-state index >= 15 is 0 Å². The van der Waals surface area contributed by atoms with E-state index in [0.717, 1.165) is 6.42 Å². The highest BCUT2D eigenvalue weighted by Gasteiger charge is 2.16. The van der Waals surface area contributed by atoms with Crippen LogP contribution in [-0.4, -0.2) is 5.97 Å². The van der Waals surface area contributed by atoms with Gasteiger partial charge in [0.05, 0.1) is 5.57 Å². The van der Waals surface area contributed by atoms with Gasteiger partial charge in [0.25, 0.3) is 0 Å². The molecule has 0 saturated heterocycles. The van der Waals surface area contributed by atoms with Crippen LogP contribution in [0.5, 0.6) is 0 Å². The van der Waals surface area contributed by atoms with Gasteiger partial charge < -0.3 is 4.74 Å². The predicted octanol–water partition coefficient (Wildman–Crippen LogP) is 5.85. The smallest absolute Gasteiger partial charge is 0.343 e. The molecule has 0 amide bonds. The first-order valence-corrected chi connectivity index (χ1v) is 8.53. The molecule has 0 radical (unpaired) electrons. The first-order valence-electron chi connectivity index (χ1n) is 8.53. The molecule has 0 aliphatic carbocycles. The van der Waals surface area contributed by atoms with Gasteiger partial charge in [0.1, 0.15) is 5.76 Å². The summed E-state index contributed by atoms with van der Waals surface area (Å²) in [6.07, 6.45) is 20.2. The monoisotopic (exact) mass is 290 g/mol. The lowest BCUT2D eigenvalue weighted by Crippen LogP contribution is -1.95. The number of hydrogen-bond acceptors (Lipinski definition) is 2. The van der Waals surface area contributed by atoms with E-state index < -0.39 is 0 Å². The number of hydrogen-bond donors (Lipinski definition) is 0. The third-order valence-electron chi connectivity index (χ3n) is 3.80. The quantitative estimate of drug-likeness (QED) is 0.333. The number of carbonyl (C=O) groups is 1. The van der Waals surface area contributed by atoms with Gasteiger partial charge in [0.15, 0.2) is 0 Å². The maximum atomic E-state index is 11.3. The van der Waals surface area contributed by atoms with Crippen LogP contribution in [0.4, 0.5) is 0 Å². The molecule has 0 N–H and O–H groups in total. The first kappa shape index (κ1) is 17.7. The number of carbonyl (C=O) groups excluding carboxylic acids is 1. The van der Waals surface area contributed by atoms with Crippen molar-refractivity contribution in [2.45, 2.75) is 77.6 Å². The fourth-order valence-corrected chi connectivity index (χ4v) is 2.52. The summed E-state index contributed by atoms with van der Waals surface area (Å²) in [5.74, 6) is 0.165. The summed E-state index contributed by atoms with van der Waals surface area (Å²) in [5.41, 5.74) is 0.618. The van der Waals surface area contributed by atoms with Crippen molar-refractivity contribution in [2.75, 3.05) is 0 Å².